The van der Waals surface area contributed by atoms with Crippen molar-refractivity contribution in [3.8, 4) is 0 Å². The highest BCUT2D eigenvalue weighted by Gasteiger charge is 2.48. The third kappa shape index (κ3) is 1.98. The molecule has 0 amide bonds. The Morgan fingerprint density at radius 2 is 2.00 bits per heavy atom. The average molecular weight is 267 g/mol. The van der Waals surface area contributed by atoms with E-state index in [4.69, 9.17) is 0 Å². The maximum Gasteiger partial charge on any atom is 0.217 e. The Morgan fingerprint density at radius 1 is 1.25 bits per heavy atom. The first kappa shape index (κ1) is 12.6. The molecule has 0 aromatic heterocycles. The summed E-state index contributed by atoms with van der Waals surface area (Å²) in [5.41, 5.74) is 0.266. The summed E-state index contributed by atoms with van der Waals surface area (Å²) in [6.45, 7) is 3.57. The van der Waals surface area contributed by atoms with Crippen molar-refractivity contribution in [2.45, 2.75) is 30.9 Å². The van der Waals surface area contributed by atoms with Gasteiger partial charge < -0.3 is 5.32 Å². The number of hydrogen-bond acceptors (Lipinski definition) is 3. The molecule has 2 heterocycles. The van der Waals surface area contributed by atoms with Crippen LogP contribution >= 0.6 is 12.4 Å². The molecular formula is C10H19ClN2O2S. The second kappa shape index (κ2) is 4.12. The molecular weight excluding hydrogens is 248 g/mol. The van der Waals surface area contributed by atoms with Gasteiger partial charge in [-0.05, 0) is 37.6 Å². The van der Waals surface area contributed by atoms with Crippen molar-refractivity contribution in [2.24, 2.45) is 5.41 Å². The Kier molecular flexibility index (Phi) is 3.25. The minimum Gasteiger partial charge on any atom is -0.316 e. The SMILES string of the molecule is Cl.O=S(=O)(C1CC1)N1CCC2(CCNC2)C1. The van der Waals surface area contributed by atoms with Crippen LogP contribution in [0.25, 0.3) is 0 Å². The fourth-order valence-electron chi connectivity index (χ4n) is 2.83. The second-order valence-electron chi connectivity index (χ2n) is 5.25. The quantitative estimate of drug-likeness (QED) is 0.796. The Morgan fingerprint density at radius 3 is 2.56 bits per heavy atom. The first-order valence-corrected chi connectivity index (χ1v) is 7.33. The van der Waals surface area contributed by atoms with Crippen LogP contribution in [-0.4, -0.2) is 44.2 Å². The van der Waals surface area contributed by atoms with Crippen molar-refractivity contribution in [2.75, 3.05) is 26.2 Å². The van der Waals surface area contributed by atoms with Gasteiger partial charge in [-0.25, -0.2) is 12.7 Å². The minimum atomic E-state index is -2.92. The fourth-order valence-corrected chi connectivity index (χ4v) is 4.78. The smallest absolute Gasteiger partial charge is 0.217 e. The molecule has 3 fully saturated rings. The highest BCUT2D eigenvalue weighted by molar-refractivity contribution is 7.90. The van der Waals surface area contributed by atoms with Gasteiger partial charge in [-0.2, -0.15) is 0 Å². The summed E-state index contributed by atoms with van der Waals surface area (Å²) in [5, 5.41) is 3.31. The molecule has 4 nitrogen and oxygen atoms in total. The van der Waals surface area contributed by atoms with Crippen molar-refractivity contribution in [1.82, 2.24) is 9.62 Å². The van der Waals surface area contributed by atoms with E-state index in [2.05, 4.69) is 5.32 Å². The number of rotatable bonds is 2. The molecule has 94 valence electrons. The van der Waals surface area contributed by atoms with Gasteiger partial charge in [0.05, 0.1) is 5.25 Å². The number of sulfonamides is 1. The average Bonchev–Trinajstić information content (AvgIpc) is 2.86. The summed E-state index contributed by atoms with van der Waals surface area (Å²) in [5.74, 6) is 0. The summed E-state index contributed by atoms with van der Waals surface area (Å²) < 4.78 is 25.8. The number of hydrogen-bond donors (Lipinski definition) is 1. The zero-order valence-electron chi connectivity index (χ0n) is 9.31. The van der Waals surface area contributed by atoms with Gasteiger partial charge in [0.25, 0.3) is 0 Å². The summed E-state index contributed by atoms with van der Waals surface area (Å²) in [4.78, 5) is 0. The largest absolute Gasteiger partial charge is 0.316 e. The normalized spacial score (nSPS) is 35.5. The van der Waals surface area contributed by atoms with Gasteiger partial charge in [-0.1, -0.05) is 0 Å². The molecule has 3 aliphatic rings. The zero-order chi connectivity index (χ0) is 10.5. The van der Waals surface area contributed by atoms with Gasteiger partial charge in [0, 0.05) is 19.6 Å². The molecule has 1 N–H and O–H groups in total. The minimum absolute atomic E-state index is 0. The predicted octanol–water partition coefficient (Wildman–Crippen LogP) is 0.586. The molecule has 3 rings (SSSR count). The topological polar surface area (TPSA) is 49.4 Å². The molecule has 2 saturated heterocycles. The molecule has 0 aromatic rings. The maximum absolute atomic E-state index is 12.0. The highest BCUT2D eigenvalue weighted by Crippen LogP contribution is 2.40. The van der Waals surface area contributed by atoms with Crippen molar-refractivity contribution in [1.29, 1.82) is 0 Å². The molecule has 1 spiro atoms. The van der Waals surface area contributed by atoms with Crippen LogP contribution in [0.15, 0.2) is 0 Å². The van der Waals surface area contributed by atoms with Crippen LogP contribution in [0.3, 0.4) is 0 Å². The molecule has 1 aliphatic carbocycles. The Labute approximate surface area is 103 Å². The standard InChI is InChI=1S/C10H18N2O2S.ClH/c13-15(14,9-1-2-9)12-6-4-10(8-12)3-5-11-7-10;/h9,11H,1-8H2;1H. The van der Waals surface area contributed by atoms with E-state index < -0.39 is 10.0 Å². The molecule has 2 aliphatic heterocycles. The Hall–Kier alpha value is 0.160. The third-order valence-electron chi connectivity index (χ3n) is 4.04. The molecule has 16 heavy (non-hydrogen) atoms. The lowest BCUT2D eigenvalue weighted by molar-refractivity contribution is 0.338. The van der Waals surface area contributed by atoms with Crippen LogP contribution < -0.4 is 5.32 Å². The van der Waals surface area contributed by atoms with E-state index in [1.165, 1.54) is 0 Å². The molecule has 0 aromatic carbocycles. The van der Waals surface area contributed by atoms with Crippen molar-refractivity contribution in [3.05, 3.63) is 0 Å². The van der Waals surface area contributed by atoms with E-state index in [0.29, 0.717) is 0 Å². The van der Waals surface area contributed by atoms with Gasteiger partial charge in [-0.3, -0.25) is 0 Å². The van der Waals surface area contributed by atoms with Crippen LogP contribution in [0.2, 0.25) is 0 Å². The van der Waals surface area contributed by atoms with Crippen molar-refractivity contribution < 1.29 is 8.42 Å². The Bertz CT molecular complexity index is 361. The fraction of sp³-hybridized carbons (Fsp3) is 1.00. The van der Waals surface area contributed by atoms with Crippen LogP contribution in [0, 0.1) is 5.41 Å². The van der Waals surface area contributed by atoms with Gasteiger partial charge >= 0.3 is 0 Å². The van der Waals surface area contributed by atoms with E-state index >= 15 is 0 Å². The van der Waals surface area contributed by atoms with Gasteiger partial charge in [-0.15, -0.1) is 12.4 Å². The van der Waals surface area contributed by atoms with E-state index in [1.807, 2.05) is 0 Å². The van der Waals surface area contributed by atoms with E-state index in [-0.39, 0.29) is 23.1 Å². The van der Waals surface area contributed by atoms with Gasteiger partial charge in [0.2, 0.25) is 10.0 Å². The summed E-state index contributed by atoms with van der Waals surface area (Å²) in [7, 11) is -2.92. The van der Waals surface area contributed by atoms with Crippen LogP contribution in [-0.2, 0) is 10.0 Å². The summed E-state index contributed by atoms with van der Waals surface area (Å²) in [6, 6.07) is 0. The molecule has 1 saturated carbocycles. The maximum atomic E-state index is 12.0. The third-order valence-corrected chi connectivity index (χ3v) is 6.39. The lowest BCUT2D eigenvalue weighted by Gasteiger charge is -2.22. The summed E-state index contributed by atoms with van der Waals surface area (Å²) in [6.07, 6.45) is 3.95. The number of nitrogens with zero attached hydrogens (tertiary/aromatic N) is 1. The van der Waals surface area contributed by atoms with E-state index in [1.54, 1.807) is 4.31 Å². The predicted molar refractivity (Wildman–Crippen MR) is 65.3 cm³/mol. The number of nitrogens with one attached hydrogen (secondary N) is 1. The van der Waals surface area contributed by atoms with Crippen molar-refractivity contribution >= 4 is 22.4 Å². The highest BCUT2D eigenvalue weighted by atomic mass is 35.5. The zero-order valence-corrected chi connectivity index (χ0v) is 10.9. The van der Waals surface area contributed by atoms with Gasteiger partial charge in [0.15, 0.2) is 0 Å². The van der Waals surface area contributed by atoms with Gasteiger partial charge in [0.1, 0.15) is 0 Å². The molecule has 1 atom stereocenters. The molecule has 6 heteroatoms. The van der Waals surface area contributed by atoms with E-state index in [9.17, 15) is 8.42 Å². The molecule has 0 bridgehead atoms. The lowest BCUT2D eigenvalue weighted by atomic mass is 9.87. The first-order valence-electron chi connectivity index (χ1n) is 5.82. The summed E-state index contributed by atoms with van der Waals surface area (Å²) >= 11 is 0. The van der Waals surface area contributed by atoms with Crippen molar-refractivity contribution in [3.63, 3.8) is 0 Å². The number of halogens is 1. The van der Waals surface area contributed by atoms with Crippen LogP contribution in [0.4, 0.5) is 0 Å². The molecule has 0 radical (unpaired) electrons. The lowest BCUT2D eigenvalue weighted by Crippen LogP contribution is -2.35. The van der Waals surface area contributed by atoms with Crippen LogP contribution in [0.5, 0.6) is 0 Å². The second-order valence-corrected chi connectivity index (χ2v) is 7.47. The monoisotopic (exact) mass is 266 g/mol. The van der Waals surface area contributed by atoms with Crippen LogP contribution in [0.1, 0.15) is 25.7 Å². The van der Waals surface area contributed by atoms with E-state index in [0.717, 1.165) is 51.9 Å². The first-order chi connectivity index (χ1) is 7.12. The Balaban J connectivity index is 0.000000963. The molecule has 1 unspecified atom stereocenters.